The number of nitrogens with zero attached hydrogens (tertiary/aromatic N) is 1. The van der Waals surface area contributed by atoms with Crippen LogP contribution in [0.3, 0.4) is 0 Å². The van der Waals surface area contributed by atoms with Crippen molar-refractivity contribution >= 4 is 11.8 Å². The Balaban J connectivity index is 1.49. The van der Waals surface area contributed by atoms with E-state index >= 15 is 0 Å². The van der Waals surface area contributed by atoms with Crippen LogP contribution >= 0.6 is 0 Å². The summed E-state index contributed by atoms with van der Waals surface area (Å²) in [5, 5.41) is 2.50. The van der Waals surface area contributed by atoms with Crippen LogP contribution in [0.2, 0.25) is 0 Å². The standard InChI is InChI=1S/C25H46N2O2/c1-24(2,16-10-5-6-12-18-27-19-13-8-14-20-27)17-11-7-9-15-21-22(28)26-23(29)25(21,3)4/h21H,5-20H2,1-4H3,(H,26,28,29). The van der Waals surface area contributed by atoms with E-state index in [2.05, 4.69) is 24.1 Å². The van der Waals surface area contributed by atoms with Gasteiger partial charge >= 0.3 is 0 Å². The Morgan fingerprint density at radius 1 is 0.897 bits per heavy atom. The van der Waals surface area contributed by atoms with E-state index in [0.717, 1.165) is 19.3 Å². The number of nitrogens with one attached hydrogen (secondary N) is 1. The van der Waals surface area contributed by atoms with Crippen molar-refractivity contribution in [3.8, 4) is 0 Å². The summed E-state index contributed by atoms with van der Waals surface area (Å²) in [6.07, 6.45) is 16.6. The number of carbonyl (C=O) groups excluding carboxylic acids is 2. The number of likely N-dealkylation sites (tertiary alicyclic amines) is 1. The van der Waals surface area contributed by atoms with Crippen molar-refractivity contribution in [2.24, 2.45) is 16.7 Å². The van der Waals surface area contributed by atoms with Gasteiger partial charge in [-0.2, -0.15) is 0 Å². The van der Waals surface area contributed by atoms with Crippen molar-refractivity contribution in [1.82, 2.24) is 10.2 Å². The Morgan fingerprint density at radius 2 is 1.48 bits per heavy atom. The van der Waals surface area contributed by atoms with E-state index in [1.54, 1.807) is 0 Å². The third kappa shape index (κ3) is 8.03. The Labute approximate surface area is 179 Å². The number of imide groups is 1. The van der Waals surface area contributed by atoms with Crippen LogP contribution in [-0.2, 0) is 9.59 Å². The van der Waals surface area contributed by atoms with E-state index in [1.807, 2.05) is 13.8 Å². The Morgan fingerprint density at radius 3 is 2.07 bits per heavy atom. The highest BCUT2D eigenvalue weighted by Gasteiger charge is 2.47. The monoisotopic (exact) mass is 406 g/mol. The molecule has 2 fully saturated rings. The summed E-state index contributed by atoms with van der Waals surface area (Å²) in [5.74, 6) is -0.321. The van der Waals surface area contributed by atoms with Crippen LogP contribution in [0, 0.1) is 16.7 Å². The van der Waals surface area contributed by atoms with Gasteiger partial charge in [-0.05, 0) is 63.6 Å². The number of hydrogen-bond acceptors (Lipinski definition) is 3. The van der Waals surface area contributed by atoms with Crippen molar-refractivity contribution in [2.75, 3.05) is 19.6 Å². The molecule has 2 rings (SSSR count). The molecular weight excluding hydrogens is 360 g/mol. The van der Waals surface area contributed by atoms with E-state index in [1.165, 1.54) is 83.8 Å². The van der Waals surface area contributed by atoms with Gasteiger partial charge < -0.3 is 4.90 Å². The van der Waals surface area contributed by atoms with E-state index in [4.69, 9.17) is 0 Å². The second-order valence-electron chi connectivity index (χ2n) is 10.9. The van der Waals surface area contributed by atoms with Crippen LogP contribution < -0.4 is 5.32 Å². The molecule has 29 heavy (non-hydrogen) atoms. The summed E-state index contributed by atoms with van der Waals surface area (Å²) in [7, 11) is 0. The summed E-state index contributed by atoms with van der Waals surface area (Å²) in [6, 6.07) is 0. The topological polar surface area (TPSA) is 49.4 Å². The lowest BCUT2D eigenvalue weighted by atomic mass is 9.77. The maximum atomic E-state index is 12.0. The summed E-state index contributed by atoms with van der Waals surface area (Å²) in [5.41, 5.74) is -0.114. The smallest absolute Gasteiger partial charge is 0.233 e. The highest BCUT2D eigenvalue weighted by molar-refractivity contribution is 6.06. The maximum Gasteiger partial charge on any atom is 0.233 e. The van der Waals surface area contributed by atoms with E-state index in [-0.39, 0.29) is 17.7 Å². The SMILES string of the molecule is CC(C)(CCCCCCN1CCCCC1)CCCCCC1C(=O)NC(=O)C1(C)C. The van der Waals surface area contributed by atoms with Gasteiger partial charge in [-0.3, -0.25) is 14.9 Å². The average molecular weight is 407 g/mol. The van der Waals surface area contributed by atoms with Gasteiger partial charge in [-0.1, -0.05) is 72.6 Å². The molecule has 0 bridgehead atoms. The third-order valence-electron chi connectivity index (χ3n) is 7.38. The molecule has 4 nitrogen and oxygen atoms in total. The van der Waals surface area contributed by atoms with Crippen LogP contribution in [0.4, 0.5) is 0 Å². The van der Waals surface area contributed by atoms with Gasteiger partial charge in [0.05, 0.1) is 11.3 Å². The molecule has 2 saturated heterocycles. The van der Waals surface area contributed by atoms with Crippen molar-refractivity contribution in [1.29, 1.82) is 0 Å². The summed E-state index contributed by atoms with van der Waals surface area (Å²) >= 11 is 0. The number of carbonyl (C=O) groups is 2. The van der Waals surface area contributed by atoms with E-state index in [0.29, 0.717) is 5.41 Å². The number of hydrogen-bond donors (Lipinski definition) is 1. The Kier molecular flexibility index (Phi) is 9.65. The summed E-state index contributed by atoms with van der Waals surface area (Å²) < 4.78 is 0. The quantitative estimate of drug-likeness (QED) is 0.315. The molecule has 0 aromatic heterocycles. The molecule has 2 aliphatic rings. The Hall–Kier alpha value is -0.900. The fraction of sp³-hybridized carbons (Fsp3) is 0.920. The van der Waals surface area contributed by atoms with Crippen LogP contribution in [0.1, 0.15) is 111 Å². The predicted octanol–water partition coefficient (Wildman–Crippen LogP) is 5.70. The lowest BCUT2D eigenvalue weighted by Crippen LogP contribution is -2.30. The van der Waals surface area contributed by atoms with Gasteiger partial charge in [0, 0.05) is 0 Å². The first kappa shape index (κ1) is 24.4. The molecule has 168 valence electrons. The van der Waals surface area contributed by atoms with E-state index < -0.39 is 5.41 Å². The van der Waals surface area contributed by atoms with Gasteiger partial charge in [0.25, 0.3) is 0 Å². The lowest BCUT2D eigenvalue weighted by molar-refractivity contribution is -0.127. The summed E-state index contributed by atoms with van der Waals surface area (Å²) in [4.78, 5) is 26.5. The molecule has 2 amide bonds. The van der Waals surface area contributed by atoms with Crippen LogP contribution in [0.5, 0.6) is 0 Å². The van der Waals surface area contributed by atoms with Crippen LogP contribution in [0.15, 0.2) is 0 Å². The zero-order chi connectivity index (χ0) is 21.3. The fourth-order valence-electron chi connectivity index (χ4n) is 5.07. The van der Waals surface area contributed by atoms with Gasteiger partial charge in [-0.15, -0.1) is 0 Å². The Bertz CT molecular complexity index is 521. The molecule has 1 N–H and O–H groups in total. The fourth-order valence-corrected chi connectivity index (χ4v) is 5.07. The number of piperidine rings is 1. The first-order valence-corrected chi connectivity index (χ1v) is 12.3. The maximum absolute atomic E-state index is 12.0. The van der Waals surface area contributed by atoms with Crippen molar-refractivity contribution in [3.63, 3.8) is 0 Å². The normalized spacial score (nSPS) is 22.8. The molecule has 0 aromatic carbocycles. The van der Waals surface area contributed by atoms with Crippen LogP contribution in [-0.4, -0.2) is 36.3 Å². The molecule has 2 heterocycles. The second-order valence-corrected chi connectivity index (χ2v) is 10.9. The molecular formula is C25H46N2O2. The molecule has 0 aromatic rings. The van der Waals surface area contributed by atoms with Gasteiger partial charge in [0.15, 0.2) is 0 Å². The molecule has 0 aliphatic carbocycles. The molecule has 0 radical (unpaired) electrons. The number of amides is 2. The van der Waals surface area contributed by atoms with Crippen molar-refractivity contribution in [3.05, 3.63) is 0 Å². The minimum atomic E-state index is -0.537. The first-order valence-electron chi connectivity index (χ1n) is 12.3. The second kappa shape index (κ2) is 11.5. The lowest BCUT2D eigenvalue weighted by Gasteiger charge is -2.26. The predicted molar refractivity (Wildman–Crippen MR) is 121 cm³/mol. The highest BCUT2D eigenvalue weighted by Crippen LogP contribution is 2.36. The van der Waals surface area contributed by atoms with Gasteiger partial charge in [0.1, 0.15) is 0 Å². The van der Waals surface area contributed by atoms with Crippen molar-refractivity contribution < 1.29 is 9.59 Å². The summed E-state index contributed by atoms with van der Waals surface area (Å²) in [6.45, 7) is 12.6. The number of unbranched alkanes of at least 4 members (excludes halogenated alkanes) is 5. The minimum absolute atomic E-state index is 0.0689. The highest BCUT2D eigenvalue weighted by atomic mass is 16.2. The van der Waals surface area contributed by atoms with Crippen molar-refractivity contribution in [2.45, 2.75) is 111 Å². The molecule has 1 unspecified atom stereocenters. The van der Waals surface area contributed by atoms with Gasteiger partial charge in [0.2, 0.25) is 11.8 Å². The molecule has 0 spiro atoms. The zero-order valence-electron chi connectivity index (χ0n) is 19.7. The first-order chi connectivity index (χ1) is 13.7. The molecule has 2 aliphatic heterocycles. The number of rotatable bonds is 13. The zero-order valence-corrected chi connectivity index (χ0v) is 19.7. The third-order valence-corrected chi connectivity index (χ3v) is 7.38. The largest absolute Gasteiger partial charge is 0.303 e. The average Bonchev–Trinajstić information content (AvgIpc) is 2.86. The van der Waals surface area contributed by atoms with Gasteiger partial charge in [-0.25, -0.2) is 0 Å². The molecule has 1 atom stereocenters. The van der Waals surface area contributed by atoms with Crippen LogP contribution in [0.25, 0.3) is 0 Å². The minimum Gasteiger partial charge on any atom is -0.303 e. The van der Waals surface area contributed by atoms with E-state index in [9.17, 15) is 9.59 Å². The molecule has 4 heteroatoms. The molecule has 0 saturated carbocycles.